The number of hydrogen-bond acceptors (Lipinski definition) is 3. The van der Waals surface area contributed by atoms with Crippen molar-refractivity contribution in [2.75, 3.05) is 12.8 Å². The van der Waals surface area contributed by atoms with Gasteiger partial charge in [-0.25, -0.2) is 0 Å². The second-order valence-corrected chi connectivity index (χ2v) is 2.92. The van der Waals surface area contributed by atoms with Crippen LogP contribution < -0.4 is 5.32 Å². The highest BCUT2D eigenvalue weighted by Crippen LogP contribution is 2.07. The Morgan fingerprint density at radius 1 is 1.80 bits per heavy atom. The zero-order valence-electron chi connectivity index (χ0n) is 6.35. The minimum absolute atomic E-state index is 0.875. The van der Waals surface area contributed by atoms with Crippen LogP contribution in [0.3, 0.4) is 0 Å². The molecule has 0 radical (unpaired) electrons. The first-order valence-corrected chi connectivity index (χ1v) is 4.62. The number of thioether (sulfide) groups is 1. The van der Waals surface area contributed by atoms with Gasteiger partial charge in [-0.1, -0.05) is 18.7 Å². The fraction of sp³-hybridized carbons (Fsp3) is 0.571. The molecule has 0 aliphatic carbocycles. The minimum atomic E-state index is 0.875. The molecule has 1 heterocycles. The van der Waals surface area contributed by atoms with Crippen LogP contribution in [0.4, 0.5) is 0 Å². The van der Waals surface area contributed by atoms with E-state index in [0.29, 0.717) is 0 Å². The predicted molar refractivity (Wildman–Crippen MR) is 47.3 cm³/mol. The maximum Gasteiger partial charge on any atom is 0.160 e. The molecule has 0 unspecified atom stereocenters. The lowest BCUT2D eigenvalue weighted by Gasteiger charge is -2.11. The number of aliphatic imine (C=N–C) groups is 1. The summed E-state index contributed by atoms with van der Waals surface area (Å²) >= 11 is 1.65. The quantitative estimate of drug-likeness (QED) is 0.623. The molecular weight excluding hydrogens is 144 g/mol. The van der Waals surface area contributed by atoms with Crippen molar-refractivity contribution in [3.63, 3.8) is 0 Å². The van der Waals surface area contributed by atoms with Crippen LogP contribution in [0.25, 0.3) is 0 Å². The standard InChI is InChI=1S/C7H12N2S/c1-3-6-4-8-7(10-2)9-5-6/h4H,3,5H2,1-2H3,(H,8,9). The predicted octanol–water partition coefficient (Wildman–Crippen LogP) is 1.60. The normalized spacial score (nSPS) is 17.4. The molecule has 3 heteroatoms. The van der Waals surface area contributed by atoms with Crippen LogP contribution >= 0.6 is 11.8 Å². The summed E-state index contributed by atoms with van der Waals surface area (Å²) < 4.78 is 0. The van der Waals surface area contributed by atoms with E-state index >= 15 is 0 Å². The molecule has 10 heavy (non-hydrogen) atoms. The summed E-state index contributed by atoms with van der Waals surface area (Å²) in [7, 11) is 0. The van der Waals surface area contributed by atoms with E-state index in [1.165, 1.54) is 5.57 Å². The van der Waals surface area contributed by atoms with Gasteiger partial charge in [0.2, 0.25) is 0 Å². The summed E-state index contributed by atoms with van der Waals surface area (Å²) in [5.74, 6) is 0. The van der Waals surface area contributed by atoms with E-state index < -0.39 is 0 Å². The molecule has 1 N–H and O–H groups in total. The second kappa shape index (κ2) is 3.66. The van der Waals surface area contributed by atoms with Gasteiger partial charge >= 0.3 is 0 Å². The molecule has 1 rings (SSSR count). The summed E-state index contributed by atoms with van der Waals surface area (Å²) in [6, 6.07) is 0. The number of nitrogens with one attached hydrogen (secondary N) is 1. The van der Waals surface area contributed by atoms with Gasteiger partial charge in [-0.2, -0.15) is 0 Å². The Hall–Kier alpha value is -0.440. The second-order valence-electron chi connectivity index (χ2n) is 2.13. The molecular formula is C7H12N2S. The molecule has 0 saturated carbocycles. The molecule has 1 aliphatic heterocycles. The largest absolute Gasteiger partial charge is 0.341 e. The van der Waals surface area contributed by atoms with E-state index in [1.54, 1.807) is 11.8 Å². The van der Waals surface area contributed by atoms with Crippen molar-refractivity contribution in [3.05, 3.63) is 11.8 Å². The highest BCUT2D eigenvalue weighted by molar-refractivity contribution is 8.13. The molecule has 2 nitrogen and oxygen atoms in total. The third-order valence-corrected chi connectivity index (χ3v) is 2.11. The highest BCUT2D eigenvalue weighted by atomic mass is 32.2. The number of amidine groups is 1. The molecule has 0 atom stereocenters. The first-order valence-electron chi connectivity index (χ1n) is 3.39. The number of rotatable bonds is 1. The smallest absolute Gasteiger partial charge is 0.160 e. The molecule has 0 amide bonds. The van der Waals surface area contributed by atoms with Gasteiger partial charge < -0.3 is 5.32 Å². The average Bonchev–Trinajstić information content (AvgIpc) is 2.05. The van der Waals surface area contributed by atoms with E-state index in [4.69, 9.17) is 0 Å². The zero-order chi connectivity index (χ0) is 7.40. The van der Waals surface area contributed by atoms with Gasteiger partial charge in [0.05, 0.1) is 6.54 Å². The van der Waals surface area contributed by atoms with E-state index in [2.05, 4.69) is 23.4 Å². The Morgan fingerprint density at radius 2 is 2.60 bits per heavy atom. The molecule has 0 bridgehead atoms. The monoisotopic (exact) mass is 156 g/mol. The van der Waals surface area contributed by atoms with Crippen LogP contribution in [0, 0.1) is 0 Å². The van der Waals surface area contributed by atoms with Crippen LogP contribution in [0.1, 0.15) is 13.3 Å². The fourth-order valence-electron chi connectivity index (χ4n) is 0.766. The first kappa shape index (κ1) is 7.66. The minimum Gasteiger partial charge on any atom is -0.341 e. The summed E-state index contributed by atoms with van der Waals surface area (Å²) in [5.41, 5.74) is 1.37. The third-order valence-electron chi connectivity index (χ3n) is 1.47. The Balaban J connectivity index is 2.45. The number of hydrogen-bond donors (Lipinski definition) is 1. The summed E-state index contributed by atoms with van der Waals surface area (Å²) in [6.07, 6.45) is 5.17. The van der Waals surface area contributed by atoms with Crippen LogP contribution in [0.2, 0.25) is 0 Å². The first-order chi connectivity index (χ1) is 4.86. The van der Waals surface area contributed by atoms with Crippen LogP contribution in [0.5, 0.6) is 0 Å². The fourth-order valence-corrected chi connectivity index (χ4v) is 1.14. The molecule has 56 valence electrons. The highest BCUT2D eigenvalue weighted by Gasteiger charge is 2.01. The van der Waals surface area contributed by atoms with Gasteiger partial charge in [0.25, 0.3) is 0 Å². The van der Waals surface area contributed by atoms with Crippen molar-refractivity contribution < 1.29 is 0 Å². The van der Waals surface area contributed by atoms with Crippen LogP contribution in [-0.4, -0.2) is 18.0 Å². The molecule has 0 spiro atoms. The lowest BCUT2D eigenvalue weighted by atomic mass is 10.2. The van der Waals surface area contributed by atoms with Gasteiger partial charge in [0.1, 0.15) is 0 Å². The molecule has 0 aromatic heterocycles. The Kier molecular flexibility index (Phi) is 2.81. The van der Waals surface area contributed by atoms with Gasteiger partial charge in [0.15, 0.2) is 5.17 Å². The van der Waals surface area contributed by atoms with E-state index in [9.17, 15) is 0 Å². The maximum absolute atomic E-state index is 4.30. The SMILES string of the molecule is CCC1=CNC(SC)=NC1. The van der Waals surface area contributed by atoms with E-state index in [-0.39, 0.29) is 0 Å². The van der Waals surface area contributed by atoms with Crippen molar-refractivity contribution in [3.8, 4) is 0 Å². The van der Waals surface area contributed by atoms with Gasteiger partial charge in [-0.05, 0) is 18.2 Å². The zero-order valence-corrected chi connectivity index (χ0v) is 7.16. The summed E-state index contributed by atoms with van der Waals surface area (Å²) in [4.78, 5) is 4.30. The van der Waals surface area contributed by atoms with E-state index in [1.807, 2.05) is 6.26 Å². The maximum atomic E-state index is 4.30. The Morgan fingerprint density at radius 3 is 3.00 bits per heavy atom. The number of nitrogens with zero attached hydrogens (tertiary/aromatic N) is 1. The average molecular weight is 156 g/mol. The lowest BCUT2D eigenvalue weighted by molar-refractivity contribution is 0.955. The van der Waals surface area contributed by atoms with Crippen molar-refractivity contribution in [2.24, 2.45) is 4.99 Å². The van der Waals surface area contributed by atoms with Crippen molar-refractivity contribution in [1.82, 2.24) is 5.32 Å². The Labute approximate surface area is 65.8 Å². The van der Waals surface area contributed by atoms with Gasteiger partial charge in [0, 0.05) is 6.20 Å². The van der Waals surface area contributed by atoms with Gasteiger partial charge in [-0.3, -0.25) is 4.99 Å². The molecule has 0 aromatic rings. The van der Waals surface area contributed by atoms with Crippen molar-refractivity contribution in [2.45, 2.75) is 13.3 Å². The summed E-state index contributed by atoms with van der Waals surface area (Å²) in [5, 5.41) is 4.15. The van der Waals surface area contributed by atoms with Gasteiger partial charge in [-0.15, -0.1) is 0 Å². The molecule has 0 saturated heterocycles. The molecule has 1 aliphatic rings. The van der Waals surface area contributed by atoms with Crippen molar-refractivity contribution >= 4 is 16.9 Å². The lowest BCUT2D eigenvalue weighted by Crippen LogP contribution is -2.19. The van der Waals surface area contributed by atoms with Crippen LogP contribution in [0.15, 0.2) is 16.8 Å². The van der Waals surface area contributed by atoms with Crippen LogP contribution in [-0.2, 0) is 0 Å². The third kappa shape index (κ3) is 1.77. The van der Waals surface area contributed by atoms with E-state index in [0.717, 1.165) is 18.1 Å². The van der Waals surface area contributed by atoms with Crippen molar-refractivity contribution in [1.29, 1.82) is 0 Å². The summed E-state index contributed by atoms with van der Waals surface area (Å²) in [6.45, 7) is 3.02. The molecule has 0 aromatic carbocycles. The molecule has 0 fully saturated rings. The Bertz CT molecular complexity index is 152. The topological polar surface area (TPSA) is 24.4 Å².